The number of nitrogens with zero attached hydrogens (tertiary/aromatic N) is 4. The summed E-state index contributed by atoms with van der Waals surface area (Å²) in [6.07, 6.45) is 10.3. The third kappa shape index (κ3) is 3.54. The van der Waals surface area contributed by atoms with E-state index >= 15 is 0 Å². The Morgan fingerprint density at radius 1 is 1.17 bits per heavy atom. The highest BCUT2D eigenvalue weighted by Crippen LogP contribution is 2.30. The number of aromatic nitrogens is 3. The Labute approximate surface area is 147 Å². The van der Waals surface area contributed by atoms with Crippen LogP contribution in [0, 0.1) is 0 Å². The van der Waals surface area contributed by atoms with Gasteiger partial charge in [0, 0.05) is 48.5 Å². The Bertz CT molecular complexity index is 653. The van der Waals surface area contributed by atoms with Crippen molar-refractivity contribution in [3.63, 3.8) is 0 Å². The van der Waals surface area contributed by atoms with E-state index in [9.17, 15) is 0 Å². The summed E-state index contributed by atoms with van der Waals surface area (Å²) < 4.78 is 2.49. The van der Waals surface area contributed by atoms with Crippen LogP contribution in [0.1, 0.15) is 48.0 Å². The minimum Gasteiger partial charge on any atom is -0.375 e. The van der Waals surface area contributed by atoms with Crippen molar-refractivity contribution in [2.45, 2.75) is 51.1 Å². The van der Waals surface area contributed by atoms with Gasteiger partial charge in [-0.1, -0.05) is 0 Å². The molecule has 126 valence electrons. The highest BCUT2D eigenvalue weighted by Gasteiger charge is 2.27. The van der Waals surface area contributed by atoms with Gasteiger partial charge >= 0.3 is 0 Å². The molecule has 2 aliphatic rings. The second-order valence-electron chi connectivity index (χ2n) is 6.46. The molecule has 1 saturated heterocycles. The van der Waals surface area contributed by atoms with Crippen molar-refractivity contribution in [2.24, 2.45) is 0 Å². The number of rotatable bonds is 3. The molecule has 1 fully saturated rings. The number of nitrogen functional groups attached to an aromatic ring is 1. The largest absolute Gasteiger partial charge is 0.375 e. The van der Waals surface area contributed by atoms with E-state index in [2.05, 4.69) is 20.6 Å². The van der Waals surface area contributed by atoms with E-state index in [4.69, 9.17) is 10.7 Å². The van der Waals surface area contributed by atoms with Crippen LogP contribution in [-0.4, -0.2) is 32.5 Å². The van der Waals surface area contributed by atoms with Gasteiger partial charge in [0.1, 0.15) is 5.82 Å². The highest BCUT2D eigenvalue weighted by atomic mass is 35.5. The zero-order valence-corrected chi connectivity index (χ0v) is 14.9. The van der Waals surface area contributed by atoms with Crippen molar-refractivity contribution < 1.29 is 0 Å². The third-order valence-corrected chi connectivity index (χ3v) is 5.67. The van der Waals surface area contributed by atoms with Gasteiger partial charge < -0.3 is 10.3 Å². The lowest BCUT2D eigenvalue weighted by Gasteiger charge is -2.32. The molecule has 1 unspecified atom stereocenters. The third-order valence-electron chi connectivity index (χ3n) is 4.86. The maximum atomic E-state index is 5.74. The average Bonchev–Trinajstić information content (AvgIpc) is 3.14. The Morgan fingerprint density at radius 2 is 2.09 bits per heavy atom. The molecular weight excluding hydrogens is 330 g/mol. The Balaban J connectivity index is 0.00000156. The predicted molar refractivity (Wildman–Crippen MR) is 96.2 cm³/mol. The minimum atomic E-state index is 0. The van der Waals surface area contributed by atoms with Crippen molar-refractivity contribution in [1.82, 2.24) is 19.4 Å². The second kappa shape index (κ2) is 7.20. The molecule has 0 aromatic carbocycles. The molecule has 2 N–H and O–H groups in total. The number of fused-ring (bicyclic) bond motifs is 1. The topological polar surface area (TPSA) is 60.0 Å². The van der Waals surface area contributed by atoms with Crippen molar-refractivity contribution in [1.29, 1.82) is 0 Å². The molecule has 0 aliphatic carbocycles. The number of piperidine rings is 1. The van der Waals surface area contributed by atoms with Crippen molar-refractivity contribution in [2.75, 3.05) is 18.8 Å². The molecule has 2 aromatic rings. The van der Waals surface area contributed by atoms with Crippen LogP contribution in [0.25, 0.3) is 0 Å². The van der Waals surface area contributed by atoms with Gasteiger partial charge in [0.15, 0.2) is 5.13 Å². The van der Waals surface area contributed by atoms with Crippen molar-refractivity contribution in [3.05, 3.63) is 28.8 Å². The first-order chi connectivity index (χ1) is 10.8. The number of likely N-dealkylation sites (tertiary alicyclic amines) is 1. The molecule has 2 aromatic heterocycles. The normalized spacial score (nSPS) is 21.7. The summed E-state index contributed by atoms with van der Waals surface area (Å²) in [6.45, 7) is 4.40. The second-order valence-corrected chi connectivity index (χ2v) is 7.60. The first-order valence-electron chi connectivity index (χ1n) is 8.26. The SMILES string of the molecule is Cl.Nc1ncc(CN2CCCC(c3ncc4n3CCCC4)C2)s1. The molecule has 0 spiro atoms. The van der Waals surface area contributed by atoms with Crippen LogP contribution in [0.15, 0.2) is 12.4 Å². The quantitative estimate of drug-likeness (QED) is 0.921. The average molecular weight is 354 g/mol. The van der Waals surface area contributed by atoms with Crippen LogP contribution in [0.3, 0.4) is 0 Å². The van der Waals surface area contributed by atoms with E-state index in [0.29, 0.717) is 11.0 Å². The monoisotopic (exact) mass is 353 g/mol. The predicted octanol–water partition coefficient (Wildman–Crippen LogP) is 3.06. The lowest BCUT2D eigenvalue weighted by molar-refractivity contribution is 0.195. The van der Waals surface area contributed by atoms with E-state index < -0.39 is 0 Å². The van der Waals surface area contributed by atoms with Gasteiger partial charge in [0.25, 0.3) is 0 Å². The summed E-state index contributed by atoms with van der Waals surface area (Å²) in [4.78, 5) is 12.7. The van der Waals surface area contributed by atoms with Gasteiger partial charge in [-0.15, -0.1) is 23.7 Å². The van der Waals surface area contributed by atoms with Crippen LogP contribution in [-0.2, 0) is 19.5 Å². The molecular formula is C16H24ClN5S. The number of imidazole rings is 1. The van der Waals surface area contributed by atoms with Crippen LogP contribution in [0.5, 0.6) is 0 Å². The number of halogens is 1. The molecule has 4 heterocycles. The first kappa shape index (κ1) is 16.7. The highest BCUT2D eigenvalue weighted by molar-refractivity contribution is 7.15. The molecule has 7 heteroatoms. The van der Waals surface area contributed by atoms with Crippen LogP contribution < -0.4 is 5.73 Å². The van der Waals surface area contributed by atoms with Gasteiger partial charge in [-0.25, -0.2) is 9.97 Å². The minimum absolute atomic E-state index is 0. The maximum Gasteiger partial charge on any atom is 0.180 e. The summed E-state index contributed by atoms with van der Waals surface area (Å²) in [5, 5.41) is 0.672. The first-order valence-corrected chi connectivity index (χ1v) is 9.08. The van der Waals surface area contributed by atoms with E-state index in [-0.39, 0.29) is 12.4 Å². The molecule has 0 amide bonds. The van der Waals surface area contributed by atoms with Crippen LogP contribution in [0.4, 0.5) is 5.13 Å². The van der Waals surface area contributed by atoms with Gasteiger partial charge in [0.2, 0.25) is 0 Å². The van der Waals surface area contributed by atoms with E-state index in [0.717, 1.165) is 19.6 Å². The van der Waals surface area contributed by atoms with Gasteiger partial charge in [0.05, 0.1) is 0 Å². The number of thiazole rings is 1. The van der Waals surface area contributed by atoms with Crippen molar-refractivity contribution >= 4 is 28.9 Å². The smallest absolute Gasteiger partial charge is 0.180 e. The fourth-order valence-corrected chi connectivity index (χ4v) is 4.54. The fraction of sp³-hybridized carbons (Fsp3) is 0.625. The molecule has 5 nitrogen and oxygen atoms in total. The molecule has 0 radical (unpaired) electrons. The Hall–Kier alpha value is -1.11. The number of aryl methyl sites for hydroxylation is 1. The standard InChI is InChI=1S/C16H23N5S.ClH/c17-16-19-9-14(22-16)11-20-6-3-4-12(10-20)15-18-8-13-5-1-2-7-21(13)15;/h8-9,12H,1-7,10-11H2,(H2,17,19);1H. The molecule has 0 bridgehead atoms. The Kier molecular flexibility index (Phi) is 5.24. The summed E-state index contributed by atoms with van der Waals surface area (Å²) in [5.41, 5.74) is 7.18. The van der Waals surface area contributed by atoms with Gasteiger partial charge in [-0.2, -0.15) is 0 Å². The summed E-state index contributed by atoms with van der Waals surface area (Å²) >= 11 is 1.61. The van der Waals surface area contributed by atoms with Crippen molar-refractivity contribution in [3.8, 4) is 0 Å². The molecule has 2 aliphatic heterocycles. The van der Waals surface area contributed by atoms with E-state index in [1.807, 2.05) is 6.20 Å². The summed E-state index contributed by atoms with van der Waals surface area (Å²) in [7, 11) is 0. The molecule has 0 saturated carbocycles. The van der Waals surface area contributed by atoms with Gasteiger partial charge in [-0.05, 0) is 38.6 Å². The molecule has 23 heavy (non-hydrogen) atoms. The zero-order chi connectivity index (χ0) is 14.9. The number of nitrogens with two attached hydrogens (primary N) is 1. The lowest BCUT2D eigenvalue weighted by Crippen LogP contribution is -2.35. The lowest BCUT2D eigenvalue weighted by atomic mass is 9.96. The number of hydrogen-bond acceptors (Lipinski definition) is 5. The van der Waals surface area contributed by atoms with E-state index in [1.54, 1.807) is 11.3 Å². The van der Waals surface area contributed by atoms with Crippen LogP contribution >= 0.6 is 23.7 Å². The fourth-order valence-electron chi connectivity index (χ4n) is 3.81. The Morgan fingerprint density at radius 3 is 2.91 bits per heavy atom. The summed E-state index contributed by atoms with van der Waals surface area (Å²) in [6, 6.07) is 0. The maximum absolute atomic E-state index is 5.74. The summed E-state index contributed by atoms with van der Waals surface area (Å²) in [5.74, 6) is 1.90. The number of anilines is 1. The molecule has 1 atom stereocenters. The van der Waals surface area contributed by atoms with E-state index in [1.165, 1.54) is 55.0 Å². The molecule has 4 rings (SSSR count). The van der Waals surface area contributed by atoms with Gasteiger partial charge in [-0.3, -0.25) is 4.90 Å². The zero-order valence-electron chi connectivity index (χ0n) is 13.3. The van der Waals surface area contributed by atoms with Crippen LogP contribution in [0.2, 0.25) is 0 Å². The number of hydrogen-bond donors (Lipinski definition) is 1.